The number of carbonyl (C=O) groups excluding carboxylic acids is 1. The van der Waals surface area contributed by atoms with Gasteiger partial charge in [0.25, 0.3) is 0 Å². The molecule has 0 N–H and O–H groups in total. The summed E-state index contributed by atoms with van der Waals surface area (Å²) in [6, 6.07) is 1.93. The molecule has 0 spiro atoms. The number of nitrogens with zero attached hydrogens (tertiary/aromatic N) is 4. The minimum Gasteiger partial charge on any atom is -0.378 e. The van der Waals surface area contributed by atoms with Gasteiger partial charge in [-0.2, -0.15) is 0 Å². The van der Waals surface area contributed by atoms with Gasteiger partial charge in [-0.05, 0) is 25.2 Å². The first-order valence-corrected chi connectivity index (χ1v) is 8.99. The van der Waals surface area contributed by atoms with Gasteiger partial charge >= 0.3 is 0 Å². The summed E-state index contributed by atoms with van der Waals surface area (Å²) >= 11 is 1.54. The zero-order valence-corrected chi connectivity index (χ0v) is 13.7. The molecule has 2 saturated heterocycles. The van der Waals surface area contributed by atoms with Gasteiger partial charge in [0.2, 0.25) is 5.91 Å². The van der Waals surface area contributed by atoms with Crippen LogP contribution in [0.3, 0.4) is 0 Å². The lowest BCUT2D eigenvalue weighted by Gasteiger charge is -2.36. The van der Waals surface area contributed by atoms with Crippen LogP contribution in [0.4, 0.5) is 5.82 Å². The monoisotopic (exact) mass is 322 g/mol. The number of ether oxygens (including phenoxy) is 1. The Morgan fingerprint density at radius 2 is 2.18 bits per heavy atom. The average molecular weight is 322 g/mol. The number of amides is 1. The summed E-state index contributed by atoms with van der Waals surface area (Å²) in [5.74, 6) is 1.27. The van der Waals surface area contributed by atoms with E-state index < -0.39 is 0 Å². The summed E-state index contributed by atoms with van der Waals surface area (Å²) in [5, 5.41) is 0.777. The second-order valence-corrected chi connectivity index (χ2v) is 6.40. The second kappa shape index (κ2) is 7.28. The average Bonchev–Trinajstić information content (AvgIpc) is 2.62. The van der Waals surface area contributed by atoms with E-state index >= 15 is 0 Å². The quantitative estimate of drug-likeness (QED) is 0.617. The Labute approximate surface area is 135 Å². The molecule has 0 saturated carbocycles. The molecule has 1 unspecified atom stereocenters. The van der Waals surface area contributed by atoms with E-state index in [0.29, 0.717) is 13.2 Å². The molecule has 120 valence electrons. The number of piperidine rings is 1. The van der Waals surface area contributed by atoms with E-state index in [-0.39, 0.29) is 11.8 Å². The van der Waals surface area contributed by atoms with Crippen molar-refractivity contribution in [3.05, 3.63) is 12.3 Å². The molecule has 2 aliphatic heterocycles. The molecule has 0 radical (unpaired) electrons. The van der Waals surface area contributed by atoms with E-state index in [1.807, 2.05) is 17.2 Å². The largest absolute Gasteiger partial charge is 0.378 e. The van der Waals surface area contributed by atoms with Gasteiger partial charge in [0.15, 0.2) is 5.16 Å². The summed E-state index contributed by atoms with van der Waals surface area (Å²) in [6.45, 7) is 4.47. The molecule has 1 amide bonds. The molecule has 0 aliphatic carbocycles. The minimum absolute atomic E-state index is 0.0690. The van der Waals surface area contributed by atoms with Gasteiger partial charge in [-0.25, -0.2) is 9.97 Å². The van der Waals surface area contributed by atoms with Gasteiger partial charge in [0, 0.05) is 32.4 Å². The van der Waals surface area contributed by atoms with Gasteiger partial charge in [-0.3, -0.25) is 4.79 Å². The molecule has 7 heteroatoms. The Bertz CT molecular complexity index is 522. The Balaban J connectivity index is 1.66. The molecule has 0 aromatic carbocycles. The number of hydrogen-bond donors (Lipinski definition) is 0. The van der Waals surface area contributed by atoms with Gasteiger partial charge in [-0.1, -0.05) is 11.8 Å². The highest BCUT2D eigenvalue weighted by molar-refractivity contribution is 7.98. The fourth-order valence-electron chi connectivity index (χ4n) is 3.04. The Morgan fingerprint density at radius 3 is 2.95 bits per heavy atom. The third-order valence-electron chi connectivity index (χ3n) is 4.22. The Kier molecular flexibility index (Phi) is 5.15. The maximum atomic E-state index is 12.7. The van der Waals surface area contributed by atoms with Crippen molar-refractivity contribution in [1.29, 1.82) is 0 Å². The summed E-state index contributed by atoms with van der Waals surface area (Å²) in [6.07, 6.45) is 5.76. The number of anilines is 1. The molecule has 0 bridgehead atoms. The first-order chi connectivity index (χ1) is 10.8. The number of thioether (sulfide) groups is 1. The highest BCUT2D eigenvalue weighted by Crippen LogP contribution is 2.24. The van der Waals surface area contributed by atoms with Crippen molar-refractivity contribution in [2.75, 3.05) is 50.5 Å². The van der Waals surface area contributed by atoms with Crippen LogP contribution in [-0.4, -0.2) is 66.4 Å². The molecule has 1 aromatic heterocycles. The SMILES string of the molecule is CSc1nccc(N2CCCC(C(=O)N3CCOCC3)C2)n1. The molecule has 1 aromatic rings. The number of rotatable bonds is 3. The molecule has 2 fully saturated rings. The zero-order valence-electron chi connectivity index (χ0n) is 12.9. The van der Waals surface area contributed by atoms with Crippen molar-refractivity contribution in [3.8, 4) is 0 Å². The maximum absolute atomic E-state index is 12.7. The first kappa shape index (κ1) is 15.6. The molecule has 2 aliphatic rings. The lowest BCUT2D eigenvalue weighted by molar-refractivity contribution is -0.139. The van der Waals surface area contributed by atoms with Gasteiger partial charge < -0.3 is 14.5 Å². The summed E-state index contributed by atoms with van der Waals surface area (Å²) in [4.78, 5) is 25.6. The van der Waals surface area contributed by atoms with Crippen molar-refractivity contribution >= 4 is 23.5 Å². The van der Waals surface area contributed by atoms with Crippen LogP contribution in [0, 0.1) is 5.92 Å². The molecular formula is C15H22N4O2S. The Hall–Kier alpha value is -1.34. The summed E-state index contributed by atoms with van der Waals surface area (Å²) in [5.41, 5.74) is 0. The Morgan fingerprint density at radius 1 is 1.36 bits per heavy atom. The number of hydrogen-bond acceptors (Lipinski definition) is 6. The van der Waals surface area contributed by atoms with Crippen molar-refractivity contribution in [2.24, 2.45) is 5.92 Å². The van der Waals surface area contributed by atoms with Crippen LogP contribution in [-0.2, 0) is 9.53 Å². The first-order valence-electron chi connectivity index (χ1n) is 7.76. The highest BCUT2D eigenvalue weighted by Gasteiger charge is 2.30. The van der Waals surface area contributed by atoms with Crippen LogP contribution in [0.2, 0.25) is 0 Å². The molecule has 22 heavy (non-hydrogen) atoms. The van der Waals surface area contributed by atoms with E-state index in [1.54, 1.807) is 6.20 Å². The van der Waals surface area contributed by atoms with Gasteiger partial charge in [0.1, 0.15) is 5.82 Å². The summed E-state index contributed by atoms with van der Waals surface area (Å²) < 4.78 is 5.33. The molecule has 3 heterocycles. The minimum atomic E-state index is 0.0690. The molecule has 3 rings (SSSR count). The van der Waals surface area contributed by atoms with Crippen LogP contribution in [0.5, 0.6) is 0 Å². The fourth-order valence-corrected chi connectivity index (χ4v) is 3.39. The van der Waals surface area contributed by atoms with E-state index in [0.717, 1.165) is 50.0 Å². The molecule has 1 atom stereocenters. The van der Waals surface area contributed by atoms with Crippen LogP contribution in [0.25, 0.3) is 0 Å². The van der Waals surface area contributed by atoms with Crippen molar-refractivity contribution in [1.82, 2.24) is 14.9 Å². The van der Waals surface area contributed by atoms with Crippen LogP contribution < -0.4 is 4.90 Å². The predicted molar refractivity (Wildman–Crippen MR) is 86.1 cm³/mol. The molecular weight excluding hydrogens is 300 g/mol. The summed E-state index contributed by atoms with van der Waals surface area (Å²) in [7, 11) is 0. The lowest BCUT2D eigenvalue weighted by atomic mass is 9.96. The molecule has 6 nitrogen and oxygen atoms in total. The number of carbonyl (C=O) groups is 1. The number of aromatic nitrogens is 2. The predicted octanol–water partition coefficient (Wildman–Crippen LogP) is 1.27. The zero-order chi connectivity index (χ0) is 15.4. The third kappa shape index (κ3) is 3.52. The maximum Gasteiger partial charge on any atom is 0.227 e. The van der Waals surface area contributed by atoms with E-state index in [9.17, 15) is 4.79 Å². The topological polar surface area (TPSA) is 58.6 Å². The van der Waals surface area contributed by atoms with Crippen molar-refractivity contribution in [3.63, 3.8) is 0 Å². The van der Waals surface area contributed by atoms with E-state index in [2.05, 4.69) is 14.9 Å². The fraction of sp³-hybridized carbons (Fsp3) is 0.667. The van der Waals surface area contributed by atoms with Crippen LogP contribution in [0.15, 0.2) is 17.4 Å². The van der Waals surface area contributed by atoms with Crippen LogP contribution in [0.1, 0.15) is 12.8 Å². The van der Waals surface area contributed by atoms with Crippen LogP contribution >= 0.6 is 11.8 Å². The van der Waals surface area contributed by atoms with Crippen molar-refractivity contribution < 1.29 is 9.53 Å². The smallest absolute Gasteiger partial charge is 0.227 e. The van der Waals surface area contributed by atoms with E-state index in [1.165, 1.54) is 11.8 Å². The lowest BCUT2D eigenvalue weighted by Crippen LogP contribution is -2.48. The van der Waals surface area contributed by atoms with Gasteiger partial charge in [0.05, 0.1) is 19.1 Å². The second-order valence-electron chi connectivity index (χ2n) is 5.62. The standard InChI is InChI=1S/C15H22N4O2S/c1-22-15-16-5-4-13(17-15)19-6-2-3-12(11-19)14(20)18-7-9-21-10-8-18/h4-5,12H,2-3,6-11H2,1H3. The highest BCUT2D eigenvalue weighted by atomic mass is 32.2. The normalized spacial score (nSPS) is 22.7. The van der Waals surface area contributed by atoms with Gasteiger partial charge in [-0.15, -0.1) is 0 Å². The number of morpholine rings is 1. The van der Waals surface area contributed by atoms with Crippen molar-refractivity contribution in [2.45, 2.75) is 18.0 Å². The third-order valence-corrected chi connectivity index (χ3v) is 4.78. The van der Waals surface area contributed by atoms with E-state index in [4.69, 9.17) is 4.74 Å².